The number of aromatic nitrogens is 2. The first-order valence-corrected chi connectivity index (χ1v) is 12.4. The second-order valence-electron chi connectivity index (χ2n) is 9.66. The van der Waals surface area contributed by atoms with E-state index in [2.05, 4.69) is 10.4 Å². The molecule has 13 heteroatoms. The SMILES string of the molecule is Cc1ccc(C(=O)Nc2cc(CN3CC(N)C3)c(Cl)c(C(F)(F)F)c2)cc1N(N)/C=C(\N)c1cnn(C)c1C. The van der Waals surface area contributed by atoms with Gasteiger partial charge < -0.3 is 16.8 Å². The highest BCUT2D eigenvalue weighted by atomic mass is 35.5. The lowest BCUT2D eigenvalue weighted by Gasteiger charge is -2.37. The second kappa shape index (κ2) is 10.9. The predicted molar refractivity (Wildman–Crippen MR) is 146 cm³/mol. The molecule has 7 N–H and O–H groups in total. The van der Waals surface area contributed by atoms with E-state index in [4.69, 9.17) is 28.9 Å². The smallest absolute Gasteiger partial charge is 0.397 e. The van der Waals surface area contributed by atoms with Crippen molar-refractivity contribution in [3.8, 4) is 0 Å². The zero-order valence-corrected chi connectivity index (χ0v) is 22.4. The van der Waals surface area contributed by atoms with Crippen LogP contribution in [0.4, 0.5) is 24.5 Å². The fourth-order valence-electron chi connectivity index (χ4n) is 4.36. The Morgan fingerprint density at radius 1 is 1.26 bits per heavy atom. The lowest BCUT2D eigenvalue weighted by Crippen LogP contribution is -2.54. The molecule has 0 spiro atoms. The minimum absolute atomic E-state index is 0.0230. The molecule has 1 amide bonds. The van der Waals surface area contributed by atoms with Gasteiger partial charge in [-0.3, -0.25) is 19.4 Å². The van der Waals surface area contributed by atoms with Crippen LogP contribution in [0.25, 0.3) is 5.70 Å². The highest BCUT2D eigenvalue weighted by Gasteiger charge is 2.35. The normalized spacial score (nSPS) is 14.8. The monoisotopic (exact) mass is 562 g/mol. The van der Waals surface area contributed by atoms with Crippen molar-refractivity contribution in [3.05, 3.63) is 81.3 Å². The average Bonchev–Trinajstić information content (AvgIpc) is 3.17. The molecule has 1 fully saturated rings. The van der Waals surface area contributed by atoms with E-state index in [1.807, 2.05) is 11.8 Å². The molecule has 1 saturated heterocycles. The van der Waals surface area contributed by atoms with Gasteiger partial charge in [-0.25, -0.2) is 5.84 Å². The van der Waals surface area contributed by atoms with Crippen molar-refractivity contribution in [2.75, 3.05) is 23.4 Å². The van der Waals surface area contributed by atoms with Gasteiger partial charge in [-0.1, -0.05) is 17.7 Å². The van der Waals surface area contributed by atoms with Crippen molar-refractivity contribution >= 4 is 34.6 Å². The maximum Gasteiger partial charge on any atom is 0.417 e. The maximum absolute atomic E-state index is 13.7. The average molecular weight is 563 g/mol. The number of nitrogens with two attached hydrogens (primary N) is 3. The summed E-state index contributed by atoms with van der Waals surface area (Å²) in [6, 6.07) is 7.03. The first-order valence-electron chi connectivity index (χ1n) is 12.0. The van der Waals surface area contributed by atoms with Crippen LogP contribution in [-0.2, 0) is 19.8 Å². The quantitative estimate of drug-likeness (QED) is 0.255. The number of nitrogens with zero attached hydrogens (tertiary/aromatic N) is 4. The van der Waals surface area contributed by atoms with Crippen LogP contribution in [0, 0.1) is 13.8 Å². The third kappa shape index (κ3) is 6.19. The van der Waals surface area contributed by atoms with Gasteiger partial charge >= 0.3 is 6.18 Å². The van der Waals surface area contributed by atoms with Crippen molar-refractivity contribution in [1.29, 1.82) is 0 Å². The van der Waals surface area contributed by atoms with Gasteiger partial charge in [-0.05, 0) is 49.2 Å². The molecule has 208 valence electrons. The number of carbonyl (C=O) groups excluding carboxylic acids is 1. The van der Waals surface area contributed by atoms with Gasteiger partial charge in [0.05, 0.1) is 28.2 Å². The van der Waals surface area contributed by atoms with Crippen LogP contribution >= 0.6 is 11.6 Å². The summed E-state index contributed by atoms with van der Waals surface area (Å²) >= 11 is 6.12. The number of anilines is 2. The Bertz CT molecular complexity index is 1430. The molecule has 9 nitrogen and oxygen atoms in total. The van der Waals surface area contributed by atoms with Gasteiger partial charge in [0.2, 0.25) is 0 Å². The molecule has 4 rings (SSSR count). The van der Waals surface area contributed by atoms with Crippen LogP contribution < -0.4 is 27.6 Å². The molecule has 2 aromatic carbocycles. The molecule has 0 atom stereocenters. The maximum atomic E-state index is 13.7. The number of hydrazine groups is 1. The third-order valence-corrected chi connectivity index (χ3v) is 7.11. The molecule has 1 aliphatic rings. The molecule has 0 saturated carbocycles. The van der Waals surface area contributed by atoms with E-state index in [0.717, 1.165) is 17.3 Å². The van der Waals surface area contributed by atoms with Crippen molar-refractivity contribution in [2.45, 2.75) is 32.6 Å². The molecular formula is C26H30ClF3N8O. The minimum Gasteiger partial charge on any atom is -0.397 e. The van der Waals surface area contributed by atoms with Crippen LogP contribution in [0.1, 0.15) is 38.3 Å². The van der Waals surface area contributed by atoms with Crippen LogP contribution in [-0.4, -0.2) is 39.7 Å². The molecule has 3 aromatic rings. The van der Waals surface area contributed by atoms with E-state index in [0.29, 0.717) is 30.0 Å². The molecule has 1 aliphatic heterocycles. The summed E-state index contributed by atoms with van der Waals surface area (Å²) in [6.45, 7) is 4.95. The number of amides is 1. The third-order valence-electron chi connectivity index (χ3n) is 6.66. The molecule has 0 aliphatic carbocycles. The zero-order valence-electron chi connectivity index (χ0n) is 21.7. The van der Waals surface area contributed by atoms with Gasteiger partial charge in [0.1, 0.15) is 0 Å². The molecular weight excluding hydrogens is 533 g/mol. The van der Waals surface area contributed by atoms with Crippen molar-refractivity contribution < 1.29 is 18.0 Å². The van der Waals surface area contributed by atoms with Gasteiger partial charge in [0, 0.05) is 61.4 Å². The van der Waals surface area contributed by atoms with Crippen molar-refractivity contribution in [3.63, 3.8) is 0 Å². The van der Waals surface area contributed by atoms with Gasteiger partial charge in [0.25, 0.3) is 5.91 Å². The number of carbonyl (C=O) groups is 1. The fourth-order valence-corrected chi connectivity index (χ4v) is 4.64. The second-order valence-corrected chi connectivity index (χ2v) is 10.0. The minimum atomic E-state index is -4.70. The lowest BCUT2D eigenvalue weighted by molar-refractivity contribution is -0.137. The topological polar surface area (TPSA) is 131 Å². The van der Waals surface area contributed by atoms with E-state index in [-0.39, 0.29) is 29.4 Å². The van der Waals surface area contributed by atoms with Crippen LogP contribution in [0.3, 0.4) is 0 Å². The van der Waals surface area contributed by atoms with Gasteiger partial charge in [-0.2, -0.15) is 18.3 Å². The number of rotatable bonds is 7. The van der Waals surface area contributed by atoms with Crippen molar-refractivity contribution in [2.24, 2.45) is 24.4 Å². The number of hydrogen-bond acceptors (Lipinski definition) is 7. The van der Waals surface area contributed by atoms with E-state index in [1.54, 1.807) is 37.0 Å². The molecule has 1 aromatic heterocycles. The number of hydrogen-bond donors (Lipinski definition) is 4. The van der Waals surface area contributed by atoms with Gasteiger partial charge in [0.15, 0.2) is 0 Å². The first-order chi connectivity index (χ1) is 18.2. The molecule has 0 unspecified atom stereocenters. The number of halogens is 4. The Labute approximate surface area is 228 Å². The summed E-state index contributed by atoms with van der Waals surface area (Å²) in [4.78, 5) is 15.0. The summed E-state index contributed by atoms with van der Waals surface area (Å²) in [5.41, 5.74) is 14.6. The number of alkyl halides is 3. The largest absolute Gasteiger partial charge is 0.417 e. The summed E-state index contributed by atoms with van der Waals surface area (Å²) in [7, 11) is 1.79. The first kappa shape index (κ1) is 28.4. The highest BCUT2D eigenvalue weighted by Crippen LogP contribution is 2.39. The molecule has 0 radical (unpaired) electrons. The number of likely N-dealkylation sites (tertiary alicyclic amines) is 1. The van der Waals surface area contributed by atoms with Gasteiger partial charge in [-0.15, -0.1) is 0 Å². The van der Waals surface area contributed by atoms with E-state index in [9.17, 15) is 18.0 Å². The van der Waals surface area contributed by atoms with E-state index >= 15 is 0 Å². The Kier molecular flexibility index (Phi) is 7.94. The fraction of sp³-hybridized carbons (Fsp3) is 0.308. The Morgan fingerprint density at radius 2 is 1.95 bits per heavy atom. The predicted octanol–water partition coefficient (Wildman–Crippen LogP) is 3.74. The summed E-state index contributed by atoms with van der Waals surface area (Å²) in [6.07, 6.45) is -1.57. The number of benzene rings is 2. The number of nitrogens with one attached hydrogen (secondary N) is 1. The van der Waals surface area contributed by atoms with Crippen LogP contribution in [0.2, 0.25) is 5.02 Å². The zero-order chi connectivity index (χ0) is 28.6. The standard InChI is InChI=1S/C26H30ClF3N8O/c1-14-4-5-16(7-23(14)38(33)13-22(32)20-9-34-36(3)15(20)2)25(39)35-19-6-17(10-37-11-18(31)12-37)24(27)21(8-19)26(28,29)30/h4-9,13,18H,10-12,31-33H2,1-3H3,(H,35,39)/b22-13-. The molecule has 2 heterocycles. The van der Waals surface area contributed by atoms with E-state index in [1.165, 1.54) is 23.3 Å². The molecule has 39 heavy (non-hydrogen) atoms. The number of aryl methyl sites for hydroxylation is 2. The van der Waals surface area contributed by atoms with Crippen molar-refractivity contribution in [1.82, 2.24) is 14.7 Å². The Hall–Kier alpha value is -3.58. The summed E-state index contributed by atoms with van der Waals surface area (Å²) < 4.78 is 42.9. The lowest BCUT2D eigenvalue weighted by atomic mass is 10.0. The highest BCUT2D eigenvalue weighted by molar-refractivity contribution is 6.32. The Balaban J connectivity index is 1.60. The van der Waals surface area contributed by atoms with Crippen LogP contribution in [0.15, 0.2) is 42.7 Å². The summed E-state index contributed by atoms with van der Waals surface area (Å²) in [5, 5.41) is 7.62. The summed E-state index contributed by atoms with van der Waals surface area (Å²) in [5.74, 6) is 5.64. The van der Waals surface area contributed by atoms with Crippen LogP contribution in [0.5, 0.6) is 0 Å². The molecule has 0 bridgehead atoms. The van der Waals surface area contributed by atoms with E-state index < -0.39 is 22.7 Å². The Morgan fingerprint density at radius 3 is 2.54 bits per heavy atom.